The largest absolute Gasteiger partial charge is 0.310 e. The van der Waals surface area contributed by atoms with E-state index in [4.69, 9.17) is 0 Å². The Morgan fingerprint density at radius 3 is 2.94 bits per heavy atom. The lowest BCUT2D eigenvalue weighted by molar-refractivity contribution is 0.437. The van der Waals surface area contributed by atoms with Crippen LogP contribution < -0.4 is 5.32 Å². The summed E-state index contributed by atoms with van der Waals surface area (Å²) in [5.41, 5.74) is 0.806. The summed E-state index contributed by atoms with van der Waals surface area (Å²) in [6.45, 7) is 3.12. The Bertz CT molecular complexity index is 350. The molecule has 94 valence electrons. The molecular weight excluding hydrogens is 233 g/mol. The van der Waals surface area contributed by atoms with Gasteiger partial charge in [0.15, 0.2) is 0 Å². The SMILES string of the molecule is CCC(NCC1CCSC1)c1ccccc1F. The summed E-state index contributed by atoms with van der Waals surface area (Å²) >= 11 is 2.03. The van der Waals surface area contributed by atoms with Crippen molar-refractivity contribution in [3.05, 3.63) is 35.6 Å². The highest BCUT2D eigenvalue weighted by atomic mass is 32.2. The molecule has 1 nitrogen and oxygen atoms in total. The van der Waals surface area contributed by atoms with Crippen LogP contribution in [0.25, 0.3) is 0 Å². The third-order valence-electron chi connectivity index (χ3n) is 3.37. The maximum atomic E-state index is 13.7. The first kappa shape index (κ1) is 12.9. The molecule has 0 amide bonds. The highest BCUT2D eigenvalue weighted by Gasteiger charge is 2.18. The van der Waals surface area contributed by atoms with Crippen molar-refractivity contribution in [2.75, 3.05) is 18.1 Å². The zero-order valence-corrected chi connectivity index (χ0v) is 11.1. The Hall–Kier alpha value is -0.540. The summed E-state index contributed by atoms with van der Waals surface area (Å²) < 4.78 is 13.7. The summed E-state index contributed by atoms with van der Waals surface area (Å²) in [5.74, 6) is 3.21. The van der Waals surface area contributed by atoms with E-state index in [9.17, 15) is 4.39 Å². The van der Waals surface area contributed by atoms with E-state index in [2.05, 4.69) is 12.2 Å². The normalized spacial score (nSPS) is 21.6. The predicted octanol–water partition coefficient (Wildman–Crippen LogP) is 3.62. The monoisotopic (exact) mass is 253 g/mol. The highest BCUT2D eigenvalue weighted by molar-refractivity contribution is 7.99. The third kappa shape index (κ3) is 3.46. The van der Waals surface area contributed by atoms with Gasteiger partial charge in [0, 0.05) is 11.6 Å². The van der Waals surface area contributed by atoms with Gasteiger partial charge in [-0.2, -0.15) is 11.8 Å². The quantitative estimate of drug-likeness (QED) is 0.860. The van der Waals surface area contributed by atoms with E-state index < -0.39 is 0 Å². The highest BCUT2D eigenvalue weighted by Crippen LogP contribution is 2.25. The first-order valence-electron chi connectivity index (χ1n) is 6.36. The number of halogens is 1. The molecule has 2 unspecified atom stereocenters. The minimum Gasteiger partial charge on any atom is -0.310 e. The number of rotatable bonds is 5. The van der Waals surface area contributed by atoms with E-state index in [-0.39, 0.29) is 11.9 Å². The van der Waals surface area contributed by atoms with Crippen LogP contribution in [0.4, 0.5) is 4.39 Å². The van der Waals surface area contributed by atoms with E-state index in [1.165, 1.54) is 17.9 Å². The number of hydrogen-bond donors (Lipinski definition) is 1. The minimum atomic E-state index is -0.0901. The van der Waals surface area contributed by atoms with Gasteiger partial charge >= 0.3 is 0 Å². The van der Waals surface area contributed by atoms with Gasteiger partial charge in [-0.05, 0) is 42.9 Å². The molecule has 3 heteroatoms. The maximum Gasteiger partial charge on any atom is 0.127 e. The Balaban J connectivity index is 1.94. The van der Waals surface area contributed by atoms with Crippen LogP contribution >= 0.6 is 11.8 Å². The van der Waals surface area contributed by atoms with Crippen molar-refractivity contribution in [2.24, 2.45) is 5.92 Å². The molecule has 0 spiro atoms. The molecule has 1 aromatic carbocycles. The van der Waals surface area contributed by atoms with Crippen LogP contribution in [0, 0.1) is 11.7 Å². The van der Waals surface area contributed by atoms with Crippen LogP contribution in [-0.4, -0.2) is 18.1 Å². The van der Waals surface area contributed by atoms with E-state index in [0.717, 1.165) is 24.4 Å². The van der Waals surface area contributed by atoms with Crippen LogP contribution in [-0.2, 0) is 0 Å². The van der Waals surface area contributed by atoms with Crippen molar-refractivity contribution in [3.63, 3.8) is 0 Å². The number of benzene rings is 1. The van der Waals surface area contributed by atoms with Gasteiger partial charge in [-0.15, -0.1) is 0 Å². The summed E-state index contributed by atoms with van der Waals surface area (Å²) in [4.78, 5) is 0. The van der Waals surface area contributed by atoms with Gasteiger partial charge in [0.2, 0.25) is 0 Å². The number of nitrogens with one attached hydrogen (secondary N) is 1. The molecule has 0 radical (unpaired) electrons. The van der Waals surface area contributed by atoms with Gasteiger partial charge in [0.05, 0.1) is 0 Å². The molecule has 1 aliphatic heterocycles. The lowest BCUT2D eigenvalue weighted by atomic mass is 10.0. The summed E-state index contributed by atoms with van der Waals surface area (Å²) in [5, 5.41) is 3.52. The molecule has 2 rings (SSSR count). The molecule has 0 saturated carbocycles. The van der Waals surface area contributed by atoms with Gasteiger partial charge in [-0.1, -0.05) is 25.1 Å². The molecule has 2 atom stereocenters. The molecule has 0 bridgehead atoms. The average molecular weight is 253 g/mol. The zero-order chi connectivity index (χ0) is 12.1. The molecule has 1 aliphatic rings. The predicted molar refractivity (Wildman–Crippen MR) is 72.9 cm³/mol. The zero-order valence-electron chi connectivity index (χ0n) is 10.3. The van der Waals surface area contributed by atoms with E-state index >= 15 is 0 Å². The van der Waals surface area contributed by atoms with Crippen molar-refractivity contribution in [1.82, 2.24) is 5.32 Å². The Morgan fingerprint density at radius 2 is 2.29 bits per heavy atom. The van der Waals surface area contributed by atoms with Gasteiger partial charge in [0.1, 0.15) is 5.82 Å². The first-order chi connectivity index (χ1) is 8.31. The lowest BCUT2D eigenvalue weighted by Gasteiger charge is -2.20. The Kier molecular flexibility index (Phi) is 4.86. The van der Waals surface area contributed by atoms with Crippen molar-refractivity contribution in [2.45, 2.75) is 25.8 Å². The molecule has 1 aromatic rings. The van der Waals surface area contributed by atoms with E-state index in [1.807, 2.05) is 23.9 Å². The molecule has 1 fully saturated rings. The molecule has 1 saturated heterocycles. The fourth-order valence-electron chi connectivity index (χ4n) is 2.29. The van der Waals surface area contributed by atoms with Crippen molar-refractivity contribution >= 4 is 11.8 Å². The fraction of sp³-hybridized carbons (Fsp3) is 0.571. The first-order valence-corrected chi connectivity index (χ1v) is 7.52. The summed E-state index contributed by atoms with van der Waals surface area (Å²) in [6, 6.07) is 7.25. The minimum absolute atomic E-state index is 0.0901. The molecular formula is C14H20FNS. The molecule has 1 heterocycles. The van der Waals surface area contributed by atoms with Gasteiger partial charge in [-0.25, -0.2) is 4.39 Å². The molecule has 1 N–H and O–H groups in total. The van der Waals surface area contributed by atoms with Crippen molar-refractivity contribution in [1.29, 1.82) is 0 Å². The average Bonchev–Trinajstić information content (AvgIpc) is 2.85. The maximum absolute atomic E-state index is 13.7. The van der Waals surface area contributed by atoms with E-state index in [1.54, 1.807) is 12.1 Å². The second-order valence-electron chi connectivity index (χ2n) is 4.62. The van der Waals surface area contributed by atoms with Gasteiger partial charge < -0.3 is 5.32 Å². The summed E-state index contributed by atoms with van der Waals surface area (Å²) in [6.07, 6.45) is 2.23. The van der Waals surface area contributed by atoms with E-state index in [0.29, 0.717) is 0 Å². The van der Waals surface area contributed by atoms with Crippen molar-refractivity contribution < 1.29 is 4.39 Å². The number of thioether (sulfide) groups is 1. The Morgan fingerprint density at radius 1 is 1.47 bits per heavy atom. The molecule has 0 aliphatic carbocycles. The van der Waals surface area contributed by atoms with Crippen LogP contribution in [0.1, 0.15) is 31.4 Å². The summed E-state index contributed by atoms with van der Waals surface area (Å²) in [7, 11) is 0. The fourth-order valence-corrected chi connectivity index (χ4v) is 3.57. The van der Waals surface area contributed by atoms with Crippen molar-refractivity contribution in [3.8, 4) is 0 Å². The Labute approximate surface area is 107 Å². The molecule has 0 aromatic heterocycles. The lowest BCUT2D eigenvalue weighted by Crippen LogP contribution is -2.27. The third-order valence-corrected chi connectivity index (χ3v) is 4.60. The second kappa shape index (κ2) is 6.41. The molecule has 17 heavy (non-hydrogen) atoms. The van der Waals surface area contributed by atoms with Crippen LogP contribution in [0.2, 0.25) is 0 Å². The van der Waals surface area contributed by atoms with Crippen LogP contribution in [0.15, 0.2) is 24.3 Å². The standard InChI is InChI=1S/C14H20FNS/c1-2-14(12-5-3-4-6-13(12)15)16-9-11-7-8-17-10-11/h3-6,11,14,16H,2,7-10H2,1H3. The number of hydrogen-bond acceptors (Lipinski definition) is 2. The topological polar surface area (TPSA) is 12.0 Å². The van der Waals surface area contributed by atoms with Crippen LogP contribution in [0.5, 0.6) is 0 Å². The smallest absolute Gasteiger partial charge is 0.127 e. The van der Waals surface area contributed by atoms with Crippen LogP contribution in [0.3, 0.4) is 0 Å². The second-order valence-corrected chi connectivity index (χ2v) is 5.77. The van der Waals surface area contributed by atoms with Gasteiger partial charge in [0.25, 0.3) is 0 Å². The van der Waals surface area contributed by atoms with Gasteiger partial charge in [-0.3, -0.25) is 0 Å².